The van der Waals surface area contributed by atoms with E-state index in [-0.39, 0.29) is 0 Å². The van der Waals surface area contributed by atoms with E-state index in [1.54, 1.807) is 19.4 Å². The lowest BCUT2D eigenvalue weighted by molar-refractivity contribution is 0.397. The molecule has 0 aliphatic heterocycles. The first kappa shape index (κ1) is 11.3. The molecule has 0 unspecified atom stereocenters. The Hall–Kier alpha value is -2.24. The topological polar surface area (TPSA) is 72.8 Å². The summed E-state index contributed by atoms with van der Waals surface area (Å²) in [6.07, 6.45) is 3.19. The predicted octanol–water partition coefficient (Wildman–Crippen LogP) is 1.20. The van der Waals surface area contributed by atoms with E-state index >= 15 is 0 Å². The number of anilines is 1. The van der Waals surface area contributed by atoms with Gasteiger partial charge in [-0.1, -0.05) is 0 Å². The van der Waals surface area contributed by atoms with Crippen LogP contribution in [0.15, 0.2) is 24.7 Å². The molecular formula is C11H13N5O. The Kier molecular flexibility index (Phi) is 3.44. The van der Waals surface area contributed by atoms with E-state index in [1.807, 2.05) is 13.0 Å². The highest BCUT2D eigenvalue weighted by Crippen LogP contribution is 2.10. The van der Waals surface area contributed by atoms with Crippen molar-refractivity contribution in [3.63, 3.8) is 0 Å². The minimum absolute atomic E-state index is 0.529. The summed E-state index contributed by atoms with van der Waals surface area (Å²) in [4.78, 5) is 16.3. The largest absolute Gasteiger partial charge is 0.481 e. The minimum Gasteiger partial charge on any atom is -0.481 e. The Labute approximate surface area is 99.1 Å². The van der Waals surface area contributed by atoms with Crippen LogP contribution in [-0.2, 0) is 6.54 Å². The van der Waals surface area contributed by atoms with E-state index < -0.39 is 0 Å². The first-order valence-corrected chi connectivity index (χ1v) is 5.16. The number of hydrogen-bond donors (Lipinski definition) is 1. The normalized spacial score (nSPS) is 10.0. The Bertz CT molecular complexity index is 503. The lowest BCUT2D eigenvalue weighted by Crippen LogP contribution is -2.05. The zero-order valence-electron chi connectivity index (χ0n) is 9.71. The Morgan fingerprint density at radius 2 is 2.18 bits per heavy atom. The molecule has 17 heavy (non-hydrogen) atoms. The SMILES string of the molecule is COc1cc(NCc2ccnc(C)n2)ncn1. The summed E-state index contributed by atoms with van der Waals surface area (Å²) in [5.74, 6) is 1.99. The van der Waals surface area contributed by atoms with Gasteiger partial charge in [-0.05, 0) is 13.0 Å². The molecule has 0 aliphatic rings. The molecule has 2 rings (SSSR count). The lowest BCUT2D eigenvalue weighted by atomic mass is 10.4. The molecule has 0 saturated heterocycles. The number of ether oxygens (including phenoxy) is 1. The van der Waals surface area contributed by atoms with Crippen LogP contribution in [0.2, 0.25) is 0 Å². The van der Waals surface area contributed by atoms with Gasteiger partial charge in [-0.25, -0.2) is 19.9 Å². The highest BCUT2D eigenvalue weighted by molar-refractivity contribution is 5.37. The molecule has 0 saturated carbocycles. The fraction of sp³-hybridized carbons (Fsp3) is 0.273. The molecule has 2 aromatic heterocycles. The minimum atomic E-state index is 0.529. The standard InChI is InChI=1S/C11H13N5O/c1-8-12-4-3-9(16-8)6-13-10-5-11(17-2)15-7-14-10/h3-5,7H,6H2,1-2H3,(H,13,14,15). The second kappa shape index (κ2) is 5.20. The van der Waals surface area contributed by atoms with Crippen molar-refractivity contribution < 1.29 is 4.74 Å². The van der Waals surface area contributed by atoms with Crippen molar-refractivity contribution in [3.8, 4) is 5.88 Å². The molecule has 0 spiro atoms. The molecule has 0 bridgehead atoms. The van der Waals surface area contributed by atoms with Crippen LogP contribution in [0.4, 0.5) is 5.82 Å². The molecule has 2 heterocycles. The second-order valence-electron chi connectivity index (χ2n) is 3.39. The van der Waals surface area contributed by atoms with Gasteiger partial charge in [-0.2, -0.15) is 0 Å². The molecule has 0 fully saturated rings. The van der Waals surface area contributed by atoms with E-state index in [1.165, 1.54) is 6.33 Å². The second-order valence-corrected chi connectivity index (χ2v) is 3.39. The summed E-state index contributed by atoms with van der Waals surface area (Å²) in [6, 6.07) is 3.59. The molecule has 0 amide bonds. The van der Waals surface area contributed by atoms with Gasteiger partial charge in [0.1, 0.15) is 18.0 Å². The first-order valence-electron chi connectivity index (χ1n) is 5.16. The van der Waals surface area contributed by atoms with E-state index in [2.05, 4.69) is 25.3 Å². The van der Waals surface area contributed by atoms with Crippen molar-refractivity contribution in [2.24, 2.45) is 0 Å². The van der Waals surface area contributed by atoms with Crippen LogP contribution in [0.1, 0.15) is 11.5 Å². The number of methoxy groups -OCH3 is 1. The number of rotatable bonds is 4. The van der Waals surface area contributed by atoms with Crippen LogP contribution in [0, 0.1) is 6.92 Å². The van der Waals surface area contributed by atoms with Crippen LogP contribution in [0.3, 0.4) is 0 Å². The van der Waals surface area contributed by atoms with Gasteiger partial charge in [0.05, 0.1) is 19.3 Å². The van der Waals surface area contributed by atoms with E-state index in [9.17, 15) is 0 Å². The number of nitrogens with zero attached hydrogens (tertiary/aromatic N) is 4. The molecule has 88 valence electrons. The average Bonchev–Trinajstić information content (AvgIpc) is 2.37. The Morgan fingerprint density at radius 1 is 1.29 bits per heavy atom. The molecule has 6 nitrogen and oxygen atoms in total. The maximum absolute atomic E-state index is 5.01. The maximum Gasteiger partial charge on any atom is 0.218 e. The van der Waals surface area contributed by atoms with Gasteiger partial charge in [0.2, 0.25) is 5.88 Å². The van der Waals surface area contributed by atoms with Crippen molar-refractivity contribution in [1.29, 1.82) is 0 Å². The molecule has 1 N–H and O–H groups in total. The van der Waals surface area contributed by atoms with Crippen molar-refractivity contribution in [1.82, 2.24) is 19.9 Å². The monoisotopic (exact) mass is 231 g/mol. The van der Waals surface area contributed by atoms with Gasteiger partial charge >= 0.3 is 0 Å². The van der Waals surface area contributed by atoms with Crippen molar-refractivity contribution in [3.05, 3.63) is 36.2 Å². The molecule has 0 aliphatic carbocycles. The highest BCUT2D eigenvalue weighted by atomic mass is 16.5. The summed E-state index contributed by atoms with van der Waals surface area (Å²) in [5, 5.41) is 3.14. The van der Waals surface area contributed by atoms with Crippen LogP contribution in [0.25, 0.3) is 0 Å². The number of aryl methyl sites for hydroxylation is 1. The van der Waals surface area contributed by atoms with Crippen molar-refractivity contribution in [2.45, 2.75) is 13.5 Å². The third-order valence-corrected chi connectivity index (χ3v) is 2.14. The van der Waals surface area contributed by atoms with Gasteiger partial charge in [0.25, 0.3) is 0 Å². The average molecular weight is 231 g/mol. The van der Waals surface area contributed by atoms with Gasteiger partial charge < -0.3 is 10.1 Å². The zero-order valence-corrected chi connectivity index (χ0v) is 9.71. The van der Waals surface area contributed by atoms with Gasteiger partial charge in [-0.3, -0.25) is 0 Å². The van der Waals surface area contributed by atoms with Crippen LogP contribution < -0.4 is 10.1 Å². The summed E-state index contributed by atoms with van der Waals surface area (Å²) < 4.78 is 5.01. The summed E-state index contributed by atoms with van der Waals surface area (Å²) in [6.45, 7) is 2.45. The molecule has 0 radical (unpaired) electrons. The molecule has 0 atom stereocenters. The quantitative estimate of drug-likeness (QED) is 0.852. The molecule has 2 aromatic rings. The van der Waals surface area contributed by atoms with Crippen LogP contribution in [-0.4, -0.2) is 27.0 Å². The fourth-order valence-corrected chi connectivity index (χ4v) is 1.33. The van der Waals surface area contributed by atoms with Gasteiger partial charge in [-0.15, -0.1) is 0 Å². The van der Waals surface area contributed by atoms with Crippen molar-refractivity contribution >= 4 is 5.82 Å². The summed E-state index contributed by atoms with van der Waals surface area (Å²) in [5.41, 5.74) is 0.912. The summed E-state index contributed by atoms with van der Waals surface area (Å²) in [7, 11) is 1.57. The Balaban J connectivity index is 2.02. The van der Waals surface area contributed by atoms with Gasteiger partial charge in [0, 0.05) is 12.3 Å². The number of hydrogen-bond acceptors (Lipinski definition) is 6. The van der Waals surface area contributed by atoms with Crippen molar-refractivity contribution in [2.75, 3.05) is 12.4 Å². The predicted molar refractivity (Wildman–Crippen MR) is 62.7 cm³/mol. The summed E-state index contributed by atoms with van der Waals surface area (Å²) >= 11 is 0. The number of nitrogens with one attached hydrogen (secondary N) is 1. The highest BCUT2D eigenvalue weighted by Gasteiger charge is 1.99. The lowest BCUT2D eigenvalue weighted by Gasteiger charge is -2.06. The van der Waals surface area contributed by atoms with E-state index in [0.29, 0.717) is 18.2 Å². The van der Waals surface area contributed by atoms with Crippen LogP contribution >= 0.6 is 0 Å². The first-order chi connectivity index (χ1) is 8.28. The molecule has 0 aromatic carbocycles. The zero-order chi connectivity index (χ0) is 12.1. The maximum atomic E-state index is 5.01. The molecular weight excluding hydrogens is 218 g/mol. The van der Waals surface area contributed by atoms with Gasteiger partial charge in [0.15, 0.2) is 0 Å². The third-order valence-electron chi connectivity index (χ3n) is 2.14. The molecule has 6 heteroatoms. The van der Waals surface area contributed by atoms with Crippen LogP contribution in [0.5, 0.6) is 5.88 Å². The number of aromatic nitrogens is 4. The Morgan fingerprint density at radius 3 is 2.94 bits per heavy atom. The van der Waals surface area contributed by atoms with E-state index in [0.717, 1.165) is 11.5 Å². The third kappa shape index (κ3) is 3.10. The van der Waals surface area contributed by atoms with E-state index in [4.69, 9.17) is 4.74 Å². The fourth-order valence-electron chi connectivity index (χ4n) is 1.33. The smallest absolute Gasteiger partial charge is 0.218 e.